The highest BCUT2D eigenvalue weighted by molar-refractivity contribution is 7.09. The Morgan fingerprint density at radius 3 is 2.68 bits per heavy atom. The average Bonchev–Trinajstić information content (AvgIpc) is 3.30. The normalized spacial score (nSPS) is 18.8. The van der Waals surface area contributed by atoms with Crippen LogP contribution in [0.3, 0.4) is 0 Å². The van der Waals surface area contributed by atoms with Gasteiger partial charge in [-0.1, -0.05) is 0 Å². The van der Waals surface area contributed by atoms with Gasteiger partial charge in [-0.05, 0) is 43.7 Å². The summed E-state index contributed by atoms with van der Waals surface area (Å²) < 4.78 is 5.26. The molecule has 1 saturated heterocycles. The van der Waals surface area contributed by atoms with E-state index in [-0.39, 0.29) is 17.5 Å². The molecule has 2 aliphatic rings. The Labute approximate surface area is 148 Å². The molecule has 126 valence electrons. The van der Waals surface area contributed by atoms with E-state index in [4.69, 9.17) is 4.74 Å². The monoisotopic (exact) mass is 353 g/mol. The van der Waals surface area contributed by atoms with Gasteiger partial charge in [0.25, 0.3) is 0 Å². The largest absolute Gasteiger partial charge is 0.402 e. The summed E-state index contributed by atoms with van der Waals surface area (Å²) in [6.07, 6.45) is 3.10. The van der Waals surface area contributed by atoms with Crippen molar-refractivity contribution in [3.63, 3.8) is 0 Å². The first kappa shape index (κ1) is 15.7. The number of thiazole rings is 1. The third-order valence-corrected chi connectivity index (χ3v) is 4.83. The van der Waals surface area contributed by atoms with E-state index in [1.807, 2.05) is 36.6 Å². The summed E-state index contributed by atoms with van der Waals surface area (Å²) in [7, 11) is 0. The minimum atomic E-state index is -0.487. The Kier molecular flexibility index (Phi) is 3.93. The molecule has 0 aliphatic carbocycles. The van der Waals surface area contributed by atoms with Crippen LogP contribution in [0.2, 0.25) is 0 Å². The maximum Gasteiger partial charge on any atom is 0.363 e. The lowest BCUT2D eigenvalue weighted by Crippen LogP contribution is -2.23. The topological polar surface area (TPSA) is 71.9 Å². The molecule has 0 spiro atoms. The summed E-state index contributed by atoms with van der Waals surface area (Å²) in [6.45, 7) is 2.65. The number of carbonyl (C=O) groups excluding carboxylic acids is 2. The van der Waals surface area contributed by atoms with E-state index < -0.39 is 5.97 Å². The smallest absolute Gasteiger partial charge is 0.363 e. The van der Waals surface area contributed by atoms with Gasteiger partial charge in [0.15, 0.2) is 5.70 Å². The van der Waals surface area contributed by atoms with E-state index in [2.05, 4.69) is 9.98 Å². The van der Waals surface area contributed by atoms with Crippen molar-refractivity contribution in [1.82, 2.24) is 4.98 Å². The van der Waals surface area contributed by atoms with Crippen molar-refractivity contribution < 1.29 is 14.3 Å². The lowest BCUT2D eigenvalue weighted by Gasteiger charge is -2.15. The van der Waals surface area contributed by atoms with Crippen LogP contribution < -0.4 is 4.90 Å². The van der Waals surface area contributed by atoms with Crippen molar-refractivity contribution in [2.24, 2.45) is 4.99 Å². The molecule has 7 heteroatoms. The SMILES string of the molecule is Cc1nc(/C=C2/N=C(c3ccc(N4CCCC4=O)cc3)OC2=O)cs1. The second-order valence-electron chi connectivity index (χ2n) is 5.82. The zero-order valence-electron chi connectivity index (χ0n) is 13.6. The molecule has 0 atom stereocenters. The van der Waals surface area contributed by atoms with Crippen LogP contribution in [-0.4, -0.2) is 29.3 Å². The van der Waals surface area contributed by atoms with Crippen LogP contribution in [0.1, 0.15) is 29.1 Å². The van der Waals surface area contributed by atoms with E-state index >= 15 is 0 Å². The van der Waals surface area contributed by atoms with Gasteiger partial charge < -0.3 is 9.64 Å². The Balaban J connectivity index is 1.57. The molecule has 0 saturated carbocycles. The molecule has 3 heterocycles. The van der Waals surface area contributed by atoms with E-state index in [0.717, 1.165) is 23.7 Å². The van der Waals surface area contributed by atoms with Crippen LogP contribution in [0.5, 0.6) is 0 Å². The highest BCUT2D eigenvalue weighted by Gasteiger charge is 2.25. The number of carbonyl (C=O) groups is 2. The lowest BCUT2D eigenvalue weighted by atomic mass is 10.2. The second kappa shape index (κ2) is 6.25. The number of esters is 1. The third kappa shape index (κ3) is 3.10. The molecular weight excluding hydrogens is 338 g/mol. The van der Waals surface area contributed by atoms with Gasteiger partial charge in [-0.25, -0.2) is 14.8 Å². The standard InChI is InChI=1S/C18H15N3O3S/c1-11-19-13(10-25-11)9-15-18(23)24-17(20-15)12-4-6-14(7-5-12)21-8-2-3-16(21)22/h4-7,9-10H,2-3,8H2,1H3/b15-9+. The minimum absolute atomic E-state index is 0.140. The fourth-order valence-corrected chi connectivity index (χ4v) is 3.39. The number of aryl methyl sites for hydroxylation is 1. The summed E-state index contributed by atoms with van der Waals surface area (Å²) >= 11 is 1.51. The van der Waals surface area contributed by atoms with E-state index in [9.17, 15) is 9.59 Å². The predicted octanol–water partition coefficient (Wildman–Crippen LogP) is 2.92. The highest BCUT2D eigenvalue weighted by atomic mass is 32.1. The number of benzene rings is 1. The zero-order chi connectivity index (χ0) is 17.4. The van der Waals surface area contributed by atoms with Crippen LogP contribution >= 0.6 is 11.3 Å². The molecule has 1 aromatic heterocycles. The summed E-state index contributed by atoms with van der Waals surface area (Å²) in [4.78, 5) is 34.1. The van der Waals surface area contributed by atoms with Crippen molar-refractivity contribution in [2.45, 2.75) is 19.8 Å². The first-order valence-electron chi connectivity index (χ1n) is 7.96. The molecule has 0 N–H and O–H groups in total. The van der Waals surface area contributed by atoms with Crippen molar-refractivity contribution in [2.75, 3.05) is 11.4 Å². The van der Waals surface area contributed by atoms with Crippen molar-refractivity contribution in [3.05, 3.63) is 51.6 Å². The number of ether oxygens (including phenoxy) is 1. The fraction of sp³-hybridized carbons (Fsp3) is 0.222. The average molecular weight is 353 g/mol. The number of hydrogen-bond donors (Lipinski definition) is 0. The van der Waals surface area contributed by atoms with Crippen molar-refractivity contribution in [1.29, 1.82) is 0 Å². The molecule has 1 fully saturated rings. The molecule has 6 nitrogen and oxygen atoms in total. The third-order valence-electron chi connectivity index (χ3n) is 4.04. The molecule has 1 aromatic carbocycles. The summed E-state index contributed by atoms with van der Waals surface area (Å²) in [6, 6.07) is 7.31. The van der Waals surface area contributed by atoms with Crippen LogP contribution in [0.4, 0.5) is 5.69 Å². The Hall–Kier alpha value is -2.80. The van der Waals surface area contributed by atoms with Crippen LogP contribution in [0.25, 0.3) is 6.08 Å². The quantitative estimate of drug-likeness (QED) is 0.628. The number of rotatable bonds is 3. The number of anilines is 1. The molecule has 1 amide bonds. The minimum Gasteiger partial charge on any atom is -0.402 e. The van der Waals surface area contributed by atoms with Gasteiger partial charge in [-0.2, -0.15) is 0 Å². The van der Waals surface area contributed by atoms with E-state index in [0.29, 0.717) is 17.7 Å². The molecule has 25 heavy (non-hydrogen) atoms. The predicted molar refractivity (Wildman–Crippen MR) is 95.5 cm³/mol. The number of amides is 1. The molecule has 2 aromatic rings. The van der Waals surface area contributed by atoms with Gasteiger partial charge in [0.2, 0.25) is 11.8 Å². The van der Waals surface area contributed by atoms with Gasteiger partial charge in [0, 0.05) is 29.6 Å². The number of nitrogens with zero attached hydrogens (tertiary/aromatic N) is 3. The maximum atomic E-state index is 12.0. The Morgan fingerprint density at radius 1 is 1.24 bits per heavy atom. The lowest BCUT2D eigenvalue weighted by molar-refractivity contribution is -0.130. The van der Waals surface area contributed by atoms with Gasteiger partial charge in [0.05, 0.1) is 10.7 Å². The Bertz CT molecular complexity index is 912. The van der Waals surface area contributed by atoms with E-state index in [1.165, 1.54) is 11.3 Å². The Morgan fingerprint density at radius 2 is 2.04 bits per heavy atom. The molecular formula is C18H15N3O3S. The molecule has 0 bridgehead atoms. The first-order chi connectivity index (χ1) is 12.1. The van der Waals surface area contributed by atoms with Crippen LogP contribution in [-0.2, 0) is 14.3 Å². The number of aromatic nitrogens is 1. The molecule has 0 radical (unpaired) electrons. The van der Waals surface area contributed by atoms with Gasteiger partial charge in [-0.3, -0.25) is 4.79 Å². The number of hydrogen-bond acceptors (Lipinski definition) is 6. The van der Waals surface area contributed by atoms with Crippen molar-refractivity contribution in [3.8, 4) is 0 Å². The second-order valence-corrected chi connectivity index (χ2v) is 6.89. The number of cyclic esters (lactones) is 1. The summed E-state index contributed by atoms with van der Waals surface area (Å²) in [5.41, 5.74) is 2.48. The van der Waals surface area contributed by atoms with Crippen LogP contribution in [0, 0.1) is 6.92 Å². The highest BCUT2D eigenvalue weighted by Crippen LogP contribution is 2.24. The van der Waals surface area contributed by atoms with Gasteiger partial charge >= 0.3 is 5.97 Å². The summed E-state index contributed by atoms with van der Waals surface area (Å²) in [5.74, 6) is -0.0805. The maximum absolute atomic E-state index is 12.0. The summed E-state index contributed by atoms with van der Waals surface area (Å²) in [5, 5.41) is 2.79. The molecule has 0 unspecified atom stereocenters. The first-order valence-corrected chi connectivity index (χ1v) is 8.83. The molecule has 4 rings (SSSR count). The zero-order valence-corrected chi connectivity index (χ0v) is 14.4. The number of aliphatic imine (C=N–C) groups is 1. The van der Waals surface area contributed by atoms with Gasteiger partial charge in [0.1, 0.15) is 0 Å². The van der Waals surface area contributed by atoms with Crippen molar-refractivity contribution >= 4 is 40.9 Å². The molecule has 2 aliphatic heterocycles. The van der Waals surface area contributed by atoms with Crippen LogP contribution in [0.15, 0.2) is 40.3 Å². The van der Waals surface area contributed by atoms with Gasteiger partial charge in [-0.15, -0.1) is 11.3 Å². The fourth-order valence-electron chi connectivity index (χ4n) is 2.82. The van der Waals surface area contributed by atoms with E-state index in [1.54, 1.807) is 11.0 Å².